The summed E-state index contributed by atoms with van der Waals surface area (Å²) in [7, 11) is 1.67. The predicted molar refractivity (Wildman–Crippen MR) is 59.0 cm³/mol. The van der Waals surface area contributed by atoms with Crippen LogP contribution in [0.1, 0.15) is 0 Å². The minimum atomic E-state index is -1.76. The summed E-state index contributed by atoms with van der Waals surface area (Å²) in [5, 5.41) is 23.8. The number of aliphatic hydroxyl groups is 2. The fourth-order valence-electron chi connectivity index (χ4n) is 1.95. The highest BCUT2D eigenvalue weighted by Gasteiger charge is 2.48. The molecule has 0 aromatic carbocycles. The van der Waals surface area contributed by atoms with Crippen molar-refractivity contribution in [2.45, 2.75) is 30.8 Å². The molecule has 8 heteroatoms. The smallest absolute Gasteiger partial charge is 0.325 e. The Kier molecular flexibility index (Phi) is 3.81. The molecule has 7 nitrogen and oxygen atoms in total. The van der Waals surface area contributed by atoms with Gasteiger partial charge in [-0.15, -0.1) is 0 Å². The summed E-state index contributed by atoms with van der Waals surface area (Å²) in [6.07, 6.45) is -2.77. The van der Waals surface area contributed by atoms with Crippen molar-refractivity contribution in [1.82, 2.24) is 15.5 Å². The summed E-state index contributed by atoms with van der Waals surface area (Å²) in [5.74, 6) is 0. The topological polar surface area (TPSA) is 94.1 Å². The molecular weight excluding hydrogens is 245 g/mol. The van der Waals surface area contributed by atoms with Gasteiger partial charge in [-0.05, 0) is 13.1 Å². The number of rotatable bonds is 3. The number of urea groups is 1. The molecule has 2 aliphatic rings. The Morgan fingerprint density at radius 1 is 1.67 bits per heavy atom. The van der Waals surface area contributed by atoms with Crippen molar-refractivity contribution in [3.63, 3.8) is 0 Å². The first-order valence-electron chi connectivity index (χ1n) is 5.61. The van der Waals surface area contributed by atoms with E-state index < -0.39 is 37.2 Å². The van der Waals surface area contributed by atoms with E-state index in [0.717, 1.165) is 4.90 Å². The minimum Gasteiger partial charge on any atom is -0.394 e. The third-order valence-corrected chi connectivity index (χ3v) is 3.01. The van der Waals surface area contributed by atoms with E-state index in [1.807, 2.05) is 0 Å². The third-order valence-electron chi connectivity index (χ3n) is 3.01. The second kappa shape index (κ2) is 5.19. The van der Waals surface area contributed by atoms with Crippen LogP contribution in [0, 0.1) is 0 Å². The molecule has 0 spiro atoms. The number of hydrogen-bond acceptors (Lipinski definition) is 5. The largest absolute Gasteiger partial charge is 0.394 e. The number of halogens is 1. The number of aliphatic hydroxyl groups excluding tert-OH is 2. The molecule has 0 aromatic rings. The molecule has 0 radical (unpaired) electrons. The molecule has 2 rings (SSSR count). The first-order chi connectivity index (χ1) is 8.58. The molecule has 0 aromatic heterocycles. The van der Waals surface area contributed by atoms with E-state index in [2.05, 4.69) is 10.6 Å². The molecule has 0 aliphatic carbocycles. The summed E-state index contributed by atoms with van der Waals surface area (Å²) in [6, 6.07) is -0.532. The maximum Gasteiger partial charge on any atom is 0.325 e. The second-order valence-electron chi connectivity index (χ2n) is 4.15. The van der Waals surface area contributed by atoms with Crippen LogP contribution in [0.5, 0.6) is 0 Å². The van der Waals surface area contributed by atoms with Gasteiger partial charge < -0.3 is 20.3 Å². The van der Waals surface area contributed by atoms with E-state index in [4.69, 9.17) is 9.84 Å². The van der Waals surface area contributed by atoms with Crippen LogP contribution < -0.4 is 10.6 Å². The van der Waals surface area contributed by atoms with Crippen molar-refractivity contribution in [2.75, 3.05) is 13.7 Å². The number of nitrogens with one attached hydrogen (secondary N) is 2. The van der Waals surface area contributed by atoms with Gasteiger partial charge in [0, 0.05) is 6.20 Å². The fraction of sp³-hybridized carbons (Fsp3) is 0.700. The van der Waals surface area contributed by atoms with Crippen molar-refractivity contribution < 1.29 is 24.1 Å². The lowest BCUT2D eigenvalue weighted by Gasteiger charge is -2.31. The van der Waals surface area contributed by atoms with E-state index in [0.29, 0.717) is 0 Å². The van der Waals surface area contributed by atoms with E-state index in [-0.39, 0.29) is 6.17 Å². The molecule has 18 heavy (non-hydrogen) atoms. The highest BCUT2D eigenvalue weighted by Crippen LogP contribution is 2.27. The van der Waals surface area contributed by atoms with Gasteiger partial charge >= 0.3 is 6.03 Å². The second-order valence-corrected chi connectivity index (χ2v) is 4.15. The number of amides is 2. The van der Waals surface area contributed by atoms with Crippen molar-refractivity contribution >= 4 is 6.03 Å². The molecular formula is C10H16FN3O4. The van der Waals surface area contributed by atoms with Gasteiger partial charge in [0.25, 0.3) is 0 Å². The van der Waals surface area contributed by atoms with Gasteiger partial charge in [-0.1, -0.05) is 0 Å². The third kappa shape index (κ3) is 2.19. The molecule has 2 aliphatic heterocycles. The normalized spacial score (nSPS) is 40.1. The number of ether oxygens (including phenoxy) is 1. The van der Waals surface area contributed by atoms with Crippen LogP contribution in [-0.4, -0.2) is 65.6 Å². The summed E-state index contributed by atoms with van der Waals surface area (Å²) in [6.45, 7) is -0.504. The lowest BCUT2D eigenvalue weighted by Crippen LogP contribution is -2.55. The van der Waals surface area contributed by atoms with E-state index in [9.17, 15) is 14.3 Å². The van der Waals surface area contributed by atoms with Crippen LogP contribution in [0.2, 0.25) is 0 Å². The van der Waals surface area contributed by atoms with Gasteiger partial charge in [0.2, 0.25) is 0 Å². The quantitative estimate of drug-likeness (QED) is 0.495. The lowest BCUT2D eigenvalue weighted by molar-refractivity contribution is -0.0589. The molecule has 2 heterocycles. The van der Waals surface area contributed by atoms with Crippen molar-refractivity contribution in [1.29, 1.82) is 0 Å². The van der Waals surface area contributed by atoms with E-state index in [1.165, 1.54) is 6.20 Å². The van der Waals surface area contributed by atoms with Crippen LogP contribution >= 0.6 is 0 Å². The van der Waals surface area contributed by atoms with E-state index in [1.54, 1.807) is 13.1 Å². The molecule has 1 saturated heterocycles. The molecule has 5 atom stereocenters. The minimum absolute atomic E-state index is 0.327. The Labute approximate surface area is 103 Å². The number of nitrogens with zero attached hydrogens (tertiary/aromatic N) is 1. The maximum absolute atomic E-state index is 13.8. The zero-order chi connectivity index (χ0) is 13.3. The average Bonchev–Trinajstić information content (AvgIpc) is 2.66. The zero-order valence-electron chi connectivity index (χ0n) is 9.78. The average molecular weight is 261 g/mol. The molecule has 102 valence electrons. The predicted octanol–water partition coefficient (Wildman–Crippen LogP) is -1.51. The highest BCUT2D eigenvalue weighted by molar-refractivity contribution is 5.77. The van der Waals surface area contributed by atoms with Crippen molar-refractivity contribution in [3.8, 4) is 0 Å². The Morgan fingerprint density at radius 3 is 2.89 bits per heavy atom. The van der Waals surface area contributed by atoms with Crippen molar-refractivity contribution in [2.24, 2.45) is 0 Å². The van der Waals surface area contributed by atoms with Crippen LogP contribution in [0.4, 0.5) is 9.18 Å². The molecule has 0 saturated carbocycles. The van der Waals surface area contributed by atoms with Gasteiger partial charge in [0.1, 0.15) is 18.4 Å². The first kappa shape index (κ1) is 13.2. The van der Waals surface area contributed by atoms with Gasteiger partial charge in [-0.3, -0.25) is 10.2 Å². The number of likely N-dealkylation sites (N-methyl/N-ethyl adjacent to an activating group) is 1. The van der Waals surface area contributed by atoms with Gasteiger partial charge in [-0.25, -0.2) is 9.18 Å². The number of carbonyl (C=O) groups excluding carboxylic acids is 1. The SMILES string of the molecule is CNC1C=CN([C@@H]2O[C@H](CO)C(O)[C@@H]2F)C(=O)N1. The lowest BCUT2D eigenvalue weighted by atomic mass is 10.1. The summed E-state index contributed by atoms with van der Waals surface area (Å²) >= 11 is 0. The fourth-order valence-corrected chi connectivity index (χ4v) is 1.95. The number of hydrogen-bond donors (Lipinski definition) is 4. The summed E-state index contributed by atoms with van der Waals surface area (Å²) < 4.78 is 18.9. The molecule has 2 unspecified atom stereocenters. The maximum atomic E-state index is 13.8. The first-order valence-corrected chi connectivity index (χ1v) is 5.61. The van der Waals surface area contributed by atoms with Crippen LogP contribution in [0.15, 0.2) is 12.3 Å². The highest BCUT2D eigenvalue weighted by atomic mass is 19.1. The standard InChI is InChI=1S/C10H16FN3O4/c1-12-6-2-3-14(10(17)13-6)9-7(11)8(16)5(4-15)18-9/h2-3,5-9,12,15-16H,4H2,1H3,(H,13,17)/t5-,6?,7+,8?,9-/m1/s1. The van der Waals surface area contributed by atoms with E-state index >= 15 is 0 Å². The van der Waals surface area contributed by atoms with Crippen LogP contribution in [0.3, 0.4) is 0 Å². The molecule has 0 bridgehead atoms. The monoisotopic (exact) mass is 261 g/mol. The molecule has 4 N–H and O–H groups in total. The van der Waals surface area contributed by atoms with Gasteiger partial charge in [-0.2, -0.15) is 0 Å². The Balaban J connectivity index is 2.11. The van der Waals surface area contributed by atoms with Gasteiger partial charge in [0.15, 0.2) is 12.4 Å². The zero-order valence-corrected chi connectivity index (χ0v) is 9.78. The summed E-state index contributed by atoms with van der Waals surface area (Å²) in [5.41, 5.74) is 0. The molecule has 2 amide bonds. The summed E-state index contributed by atoms with van der Waals surface area (Å²) in [4.78, 5) is 12.8. The number of alkyl halides is 1. The Bertz CT molecular complexity index is 354. The van der Waals surface area contributed by atoms with Crippen LogP contribution in [-0.2, 0) is 4.74 Å². The molecule has 1 fully saturated rings. The van der Waals surface area contributed by atoms with Gasteiger partial charge in [0.05, 0.1) is 6.61 Å². The Morgan fingerprint density at radius 2 is 2.39 bits per heavy atom. The van der Waals surface area contributed by atoms with Crippen LogP contribution in [0.25, 0.3) is 0 Å². The Hall–Kier alpha value is -1.22. The van der Waals surface area contributed by atoms with Crippen molar-refractivity contribution in [3.05, 3.63) is 12.3 Å². The number of carbonyl (C=O) groups is 1.